The lowest BCUT2D eigenvalue weighted by Gasteiger charge is -2.07. The van der Waals surface area contributed by atoms with Gasteiger partial charge in [-0.2, -0.15) is 0 Å². The van der Waals surface area contributed by atoms with Crippen LogP contribution in [0.1, 0.15) is 10.4 Å². The minimum absolute atomic E-state index is 0.00916. The summed E-state index contributed by atoms with van der Waals surface area (Å²) >= 11 is 1.24. The molecule has 1 aromatic heterocycles. The van der Waals surface area contributed by atoms with Gasteiger partial charge in [-0.1, -0.05) is 24.3 Å². The minimum Gasteiger partial charge on any atom is -0.496 e. The van der Waals surface area contributed by atoms with Crippen LogP contribution in [0.2, 0.25) is 0 Å². The number of non-ortho nitro benzene ring substituents is 1. The van der Waals surface area contributed by atoms with Gasteiger partial charge in [0.2, 0.25) is 0 Å². The quantitative estimate of drug-likeness (QED) is 0.552. The average Bonchev–Trinajstić information content (AvgIpc) is 3.10. The summed E-state index contributed by atoms with van der Waals surface area (Å²) in [7, 11) is 1.50. The van der Waals surface area contributed by atoms with Crippen molar-refractivity contribution in [3.05, 3.63) is 69.6 Å². The van der Waals surface area contributed by atoms with E-state index in [0.717, 1.165) is 0 Å². The van der Waals surface area contributed by atoms with Gasteiger partial charge >= 0.3 is 0 Å². The van der Waals surface area contributed by atoms with Crippen molar-refractivity contribution in [3.8, 4) is 17.0 Å². The first kappa shape index (κ1) is 16.6. The van der Waals surface area contributed by atoms with Gasteiger partial charge in [-0.3, -0.25) is 20.2 Å². The molecule has 126 valence electrons. The number of hydrogen-bond acceptors (Lipinski definition) is 6. The second kappa shape index (κ2) is 7.10. The maximum absolute atomic E-state index is 12.4. The van der Waals surface area contributed by atoms with Crippen LogP contribution in [0.4, 0.5) is 10.8 Å². The van der Waals surface area contributed by atoms with Crippen LogP contribution in [0.3, 0.4) is 0 Å². The molecule has 0 unspecified atom stereocenters. The number of hydrogen-bond donors (Lipinski definition) is 1. The van der Waals surface area contributed by atoms with E-state index in [2.05, 4.69) is 10.3 Å². The van der Waals surface area contributed by atoms with Crippen molar-refractivity contribution >= 4 is 28.1 Å². The number of nitrogens with zero attached hydrogens (tertiary/aromatic N) is 2. The van der Waals surface area contributed by atoms with Crippen molar-refractivity contribution in [3.63, 3.8) is 0 Å². The lowest BCUT2D eigenvalue weighted by Crippen LogP contribution is -2.12. The molecule has 0 radical (unpaired) electrons. The Labute approximate surface area is 147 Å². The number of anilines is 1. The fourth-order valence-electron chi connectivity index (χ4n) is 2.24. The number of ether oxygens (including phenoxy) is 1. The molecule has 8 heteroatoms. The summed E-state index contributed by atoms with van der Waals surface area (Å²) in [4.78, 5) is 27.1. The fraction of sp³-hybridized carbons (Fsp3) is 0.0588. The Kier molecular flexibility index (Phi) is 4.71. The summed E-state index contributed by atoms with van der Waals surface area (Å²) in [6, 6.07) is 13.1. The first-order valence-electron chi connectivity index (χ1n) is 7.23. The van der Waals surface area contributed by atoms with E-state index < -0.39 is 4.92 Å². The van der Waals surface area contributed by atoms with Crippen LogP contribution < -0.4 is 10.1 Å². The number of thiazole rings is 1. The van der Waals surface area contributed by atoms with Gasteiger partial charge in [0.15, 0.2) is 5.13 Å². The average molecular weight is 355 g/mol. The molecule has 1 N–H and O–H groups in total. The third kappa shape index (κ3) is 3.64. The van der Waals surface area contributed by atoms with Crippen LogP contribution in [0.5, 0.6) is 5.75 Å². The van der Waals surface area contributed by atoms with Gasteiger partial charge in [0.1, 0.15) is 5.75 Å². The van der Waals surface area contributed by atoms with Crippen molar-refractivity contribution in [2.24, 2.45) is 0 Å². The minimum atomic E-state index is -0.458. The maximum Gasteiger partial charge on any atom is 0.270 e. The molecule has 0 saturated heterocycles. The molecule has 0 aliphatic carbocycles. The molecule has 0 spiro atoms. The highest BCUT2D eigenvalue weighted by molar-refractivity contribution is 7.14. The lowest BCUT2D eigenvalue weighted by atomic mass is 10.1. The summed E-state index contributed by atoms with van der Waals surface area (Å²) in [5.74, 6) is 0.132. The Morgan fingerprint density at radius 1 is 1.24 bits per heavy atom. The van der Waals surface area contributed by atoms with E-state index in [0.29, 0.717) is 27.7 Å². The molecule has 3 rings (SSSR count). The first-order valence-corrected chi connectivity index (χ1v) is 8.11. The van der Waals surface area contributed by atoms with Crippen LogP contribution in [0.25, 0.3) is 11.3 Å². The van der Waals surface area contributed by atoms with E-state index in [9.17, 15) is 14.9 Å². The van der Waals surface area contributed by atoms with E-state index in [4.69, 9.17) is 4.74 Å². The number of methoxy groups -OCH3 is 1. The third-order valence-corrected chi connectivity index (χ3v) is 4.19. The number of amides is 1. The summed E-state index contributed by atoms with van der Waals surface area (Å²) in [5.41, 5.74) is 1.56. The zero-order chi connectivity index (χ0) is 17.8. The molecule has 1 amide bonds. The fourth-order valence-corrected chi connectivity index (χ4v) is 2.95. The Hall–Kier alpha value is -3.26. The lowest BCUT2D eigenvalue weighted by molar-refractivity contribution is -0.384. The van der Waals surface area contributed by atoms with Crippen molar-refractivity contribution in [1.29, 1.82) is 0 Å². The highest BCUT2D eigenvalue weighted by Crippen LogP contribution is 2.28. The predicted octanol–water partition coefficient (Wildman–Crippen LogP) is 3.98. The monoisotopic (exact) mass is 355 g/mol. The van der Waals surface area contributed by atoms with Crippen LogP contribution in [-0.2, 0) is 0 Å². The molecule has 0 atom stereocenters. The molecule has 3 aromatic rings. The van der Waals surface area contributed by atoms with E-state index in [1.165, 1.54) is 30.6 Å². The predicted molar refractivity (Wildman–Crippen MR) is 95.2 cm³/mol. The number of rotatable bonds is 5. The van der Waals surface area contributed by atoms with Gasteiger partial charge in [0, 0.05) is 23.1 Å². The van der Waals surface area contributed by atoms with E-state index >= 15 is 0 Å². The number of nitro benzene ring substituents is 1. The molecule has 1 heterocycles. The topological polar surface area (TPSA) is 94.4 Å². The van der Waals surface area contributed by atoms with Crippen molar-refractivity contribution < 1.29 is 14.5 Å². The van der Waals surface area contributed by atoms with Gasteiger partial charge in [-0.25, -0.2) is 4.98 Å². The van der Waals surface area contributed by atoms with Gasteiger partial charge in [0.25, 0.3) is 11.6 Å². The maximum atomic E-state index is 12.4. The third-order valence-electron chi connectivity index (χ3n) is 3.43. The van der Waals surface area contributed by atoms with Gasteiger partial charge in [-0.05, 0) is 12.1 Å². The molecule has 25 heavy (non-hydrogen) atoms. The number of aromatic nitrogens is 1. The highest BCUT2D eigenvalue weighted by Gasteiger charge is 2.14. The van der Waals surface area contributed by atoms with E-state index in [1.54, 1.807) is 41.8 Å². The normalized spacial score (nSPS) is 10.3. The molecule has 7 nitrogen and oxygen atoms in total. The number of carbonyl (C=O) groups excluding carboxylic acids is 1. The van der Waals surface area contributed by atoms with Crippen molar-refractivity contribution in [2.45, 2.75) is 0 Å². The van der Waals surface area contributed by atoms with Gasteiger partial charge < -0.3 is 4.74 Å². The van der Waals surface area contributed by atoms with Crippen molar-refractivity contribution in [1.82, 2.24) is 4.98 Å². The van der Waals surface area contributed by atoms with Crippen LogP contribution >= 0.6 is 11.3 Å². The number of nitrogens with one attached hydrogen (secondary N) is 1. The Morgan fingerprint density at radius 3 is 2.80 bits per heavy atom. The van der Waals surface area contributed by atoms with Gasteiger partial charge in [-0.15, -0.1) is 11.3 Å². The second-order valence-corrected chi connectivity index (χ2v) is 5.86. The SMILES string of the molecule is COc1ccccc1C(=O)Nc1nc(-c2cccc([N+](=O)[O-])c2)cs1. The summed E-state index contributed by atoms with van der Waals surface area (Å²) in [6.45, 7) is 0. The molecule has 0 bridgehead atoms. The van der Waals surface area contributed by atoms with Crippen LogP contribution in [0, 0.1) is 10.1 Å². The zero-order valence-electron chi connectivity index (χ0n) is 13.1. The standard InChI is InChI=1S/C17H13N3O4S/c1-24-15-8-3-2-7-13(15)16(21)19-17-18-14(10-25-17)11-5-4-6-12(9-11)20(22)23/h2-10H,1H3,(H,18,19,21). The smallest absolute Gasteiger partial charge is 0.270 e. The molecule has 0 saturated carbocycles. The molecule has 0 fully saturated rings. The second-order valence-electron chi connectivity index (χ2n) is 5.00. The van der Waals surface area contributed by atoms with Gasteiger partial charge in [0.05, 0.1) is 23.3 Å². The van der Waals surface area contributed by atoms with Crippen LogP contribution in [0.15, 0.2) is 53.9 Å². The number of benzene rings is 2. The summed E-state index contributed by atoms with van der Waals surface area (Å²) in [5, 5.41) is 15.7. The molecule has 0 aliphatic rings. The number of nitro groups is 1. The Balaban J connectivity index is 1.81. The zero-order valence-corrected chi connectivity index (χ0v) is 13.9. The number of para-hydroxylation sites is 1. The molecular weight excluding hydrogens is 342 g/mol. The van der Waals surface area contributed by atoms with Crippen molar-refractivity contribution in [2.75, 3.05) is 12.4 Å². The van der Waals surface area contributed by atoms with E-state index in [1.807, 2.05) is 0 Å². The summed E-state index contributed by atoms with van der Waals surface area (Å²) in [6.07, 6.45) is 0. The largest absolute Gasteiger partial charge is 0.496 e. The molecular formula is C17H13N3O4S. The molecule has 2 aromatic carbocycles. The van der Waals surface area contributed by atoms with E-state index in [-0.39, 0.29) is 11.6 Å². The number of carbonyl (C=O) groups is 1. The summed E-state index contributed by atoms with van der Waals surface area (Å²) < 4.78 is 5.17. The Morgan fingerprint density at radius 2 is 2.04 bits per heavy atom. The van der Waals surface area contributed by atoms with Crippen LogP contribution in [-0.4, -0.2) is 22.9 Å². The first-order chi connectivity index (χ1) is 12.1. The Bertz CT molecular complexity index is 939. The molecule has 0 aliphatic heterocycles. The highest BCUT2D eigenvalue weighted by atomic mass is 32.1.